The van der Waals surface area contributed by atoms with Crippen LogP contribution in [0.2, 0.25) is 0 Å². The molecule has 0 amide bonds. The van der Waals surface area contributed by atoms with Crippen molar-refractivity contribution in [1.82, 2.24) is 4.98 Å². The lowest BCUT2D eigenvalue weighted by molar-refractivity contribution is -0.572. The summed E-state index contributed by atoms with van der Waals surface area (Å²) in [7, 11) is 0. The molecule has 0 saturated carbocycles. The number of benzene rings is 1. The quantitative estimate of drug-likeness (QED) is 0.362. The molecule has 0 saturated heterocycles. The average molecular weight is 389 g/mol. The van der Waals surface area contributed by atoms with Gasteiger partial charge in [0.25, 0.3) is 0 Å². The normalized spacial score (nSPS) is 10.8. The fraction of sp³-hybridized carbons (Fsp3) is 0.200. The van der Waals surface area contributed by atoms with Crippen molar-refractivity contribution in [2.45, 2.75) is 12.8 Å². The summed E-state index contributed by atoms with van der Waals surface area (Å²) in [6, 6.07) is 10.7. The number of quaternary nitrogens is 1. The van der Waals surface area contributed by atoms with Crippen molar-refractivity contribution in [3.8, 4) is 5.75 Å². The smallest absolute Gasteiger partial charge is 0.336 e. The van der Waals surface area contributed by atoms with E-state index in [4.69, 9.17) is 13.6 Å². The number of furan rings is 1. The molecule has 3 heterocycles. The molecular formula is C20H21ClN2O4. The molecule has 0 aliphatic rings. The second-order valence-corrected chi connectivity index (χ2v) is 6.03. The van der Waals surface area contributed by atoms with Crippen LogP contribution in [-0.4, -0.2) is 18.1 Å². The van der Waals surface area contributed by atoms with Crippen LogP contribution in [0.4, 0.5) is 5.69 Å². The Kier molecular flexibility index (Phi) is 6.11. The first-order valence-electron chi connectivity index (χ1n) is 8.61. The molecule has 0 spiro atoms. The van der Waals surface area contributed by atoms with Gasteiger partial charge in [-0.05, 0) is 18.6 Å². The van der Waals surface area contributed by atoms with E-state index in [0.717, 1.165) is 30.2 Å². The highest BCUT2D eigenvalue weighted by Gasteiger charge is 2.13. The summed E-state index contributed by atoms with van der Waals surface area (Å²) < 4.78 is 16.8. The number of hydrogen-bond acceptors (Lipinski definition) is 5. The van der Waals surface area contributed by atoms with Gasteiger partial charge in [0.2, 0.25) is 0 Å². The highest BCUT2D eigenvalue weighted by atomic mass is 35.5. The third-order valence-electron chi connectivity index (χ3n) is 4.24. The first-order chi connectivity index (χ1) is 12.8. The van der Waals surface area contributed by atoms with Crippen molar-refractivity contribution in [1.29, 1.82) is 0 Å². The molecule has 0 aliphatic heterocycles. The van der Waals surface area contributed by atoms with Crippen LogP contribution in [0.15, 0.2) is 68.7 Å². The van der Waals surface area contributed by atoms with Crippen molar-refractivity contribution >= 4 is 27.6 Å². The predicted octanol–water partition coefficient (Wildman–Crippen LogP) is 0.238. The third kappa shape index (κ3) is 4.30. The molecule has 1 aromatic carbocycles. The Morgan fingerprint density at radius 1 is 1.04 bits per heavy atom. The zero-order chi connectivity index (χ0) is 17.8. The van der Waals surface area contributed by atoms with E-state index in [0.29, 0.717) is 23.5 Å². The summed E-state index contributed by atoms with van der Waals surface area (Å²) >= 11 is 0. The van der Waals surface area contributed by atoms with Crippen LogP contribution in [0.3, 0.4) is 0 Å². The summed E-state index contributed by atoms with van der Waals surface area (Å²) in [6.07, 6.45) is 7.15. The molecule has 2 N–H and O–H groups in total. The van der Waals surface area contributed by atoms with Gasteiger partial charge >= 0.3 is 5.63 Å². The third-order valence-corrected chi connectivity index (χ3v) is 4.24. The molecule has 4 rings (SSSR count). The molecule has 6 nitrogen and oxygen atoms in total. The maximum atomic E-state index is 11.5. The van der Waals surface area contributed by atoms with E-state index in [-0.39, 0.29) is 19.5 Å². The summed E-state index contributed by atoms with van der Waals surface area (Å²) in [6.45, 7) is 1.57. The van der Waals surface area contributed by atoms with Gasteiger partial charge in [-0.1, -0.05) is 0 Å². The lowest BCUT2D eigenvalue weighted by Gasteiger charge is -2.10. The molecule has 0 radical (unpaired) electrons. The van der Waals surface area contributed by atoms with Gasteiger partial charge in [-0.2, -0.15) is 0 Å². The van der Waals surface area contributed by atoms with Gasteiger partial charge in [0.05, 0.1) is 30.2 Å². The maximum Gasteiger partial charge on any atom is 0.336 e. The second-order valence-electron chi connectivity index (χ2n) is 6.03. The van der Waals surface area contributed by atoms with Crippen LogP contribution in [0, 0.1) is 0 Å². The molecule has 142 valence electrons. The molecule has 4 aromatic rings. The standard InChI is InChI=1S/C20H18N2O4.ClH.H2/c23-19-4-3-15-18(26-19)13-17-16(7-12-24-17)20(15)25-11-2-1-8-22-14-5-9-21-10-6-14;;/h3-7,9-10,12-13H,1-2,8,11H2,(H,21,22);2*1H. The number of nitrogens with zero attached hydrogens (tertiary/aromatic N) is 1. The molecule has 0 aliphatic carbocycles. The van der Waals surface area contributed by atoms with Crippen LogP contribution in [-0.2, 0) is 0 Å². The van der Waals surface area contributed by atoms with Crippen LogP contribution in [0.25, 0.3) is 21.9 Å². The monoisotopic (exact) mass is 388 g/mol. The van der Waals surface area contributed by atoms with E-state index in [2.05, 4.69) is 10.3 Å². The second kappa shape index (κ2) is 8.70. The van der Waals surface area contributed by atoms with E-state index in [1.54, 1.807) is 30.8 Å². The Labute approximate surface area is 163 Å². The van der Waals surface area contributed by atoms with E-state index in [9.17, 15) is 4.79 Å². The van der Waals surface area contributed by atoms with Crippen molar-refractivity contribution in [2.24, 2.45) is 0 Å². The Morgan fingerprint density at radius 2 is 1.85 bits per heavy atom. The number of halogens is 1. The predicted molar refractivity (Wildman–Crippen MR) is 99.8 cm³/mol. The minimum atomic E-state index is -0.388. The highest BCUT2D eigenvalue weighted by molar-refractivity contribution is 6.01. The Morgan fingerprint density at radius 3 is 2.70 bits per heavy atom. The van der Waals surface area contributed by atoms with Gasteiger partial charge in [-0.15, -0.1) is 0 Å². The lowest BCUT2D eigenvalue weighted by Crippen LogP contribution is -3.00. The van der Waals surface area contributed by atoms with Crippen molar-refractivity contribution in [3.63, 3.8) is 0 Å². The highest BCUT2D eigenvalue weighted by Crippen LogP contribution is 2.35. The Bertz CT molecular complexity index is 1080. The number of unbranched alkanes of at least 4 members (excludes halogenated alkanes) is 1. The Hall–Kier alpha value is -2.83. The van der Waals surface area contributed by atoms with Gasteiger partial charge in [0.1, 0.15) is 22.6 Å². The van der Waals surface area contributed by atoms with E-state index >= 15 is 0 Å². The van der Waals surface area contributed by atoms with Crippen LogP contribution < -0.4 is 28.1 Å². The molecular weight excluding hydrogens is 368 g/mol. The van der Waals surface area contributed by atoms with Crippen LogP contribution in [0.1, 0.15) is 14.3 Å². The summed E-state index contributed by atoms with van der Waals surface area (Å²) in [4.78, 5) is 15.5. The summed E-state index contributed by atoms with van der Waals surface area (Å²) in [5.74, 6) is 0.702. The molecule has 0 fully saturated rings. The topological polar surface area (TPSA) is 82.1 Å². The minimum Gasteiger partial charge on any atom is -1.00 e. The minimum absolute atomic E-state index is 0. The lowest BCUT2D eigenvalue weighted by atomic mass is 10.1. The number of rotatable bonds is 7. The van der Waals surface area contributed by atoms with Gasteiger partial charge < -0.3 is 31.3 Å². The summed E-state index contributed by atoms with van der Waals surface area (Å²) in [5.41, 5.74) is 1.92. The Balaban J connectivity index is 0.00000140. The van der Waals surface area contributed by atoms with Gasteiger partial charge in [0.15, 0.2) is 0 Å². The zero-order valence-corrected chi connectivity index (χ0v) is 15.3. The molecule has 0 atom stereocenters. The van der Waals surface area contributed by atoms with Gasteiger partial charge in [-0.3, -0.25) is 4.98 Å². The van der Waals surface area contributed by atoms with Crippen LogP contribution in [0.5, 0.6) is 5.75 Å². The van der Waals surface area contributed by atoms with Crippen LogP contribution >= 0.6 is 0 Å². The first kappa shape index (κ1) is 18.9. The number of pyridine rings is 1. The number of hydrogen-bond donors (Lipinski definition) is 1. The largest absolute Gasteiger partial charge is 1.00 e. The van der Waals surface area contributed by atoms with Crippen molar-refractivity contribution in [3.05, 3.63) is 65.5 Å². The van der Waals surface area contributed by atoms with E-state index in [1.807, 2.05) is 18.2 Å². The summed E-state index contributed by atoms with van der Waals surface area (Å²) in [5, 5.41) is 3.86. The van der Waals surface area contributed by atoms with Crippen molar-refractivity contribution in [2.75, 3.05) is 13.2 Å². The first-order valence-corrected chi connectivity index (χ1v) is 8.61. The van der Waals surface area contributed by atoms with Gasteiger partial charge in [-0.25, -0.2) is 4.79 Å². The average Bonchev–Trinajstić information content (AvgIpc) is 3.12. The fourth-order valence-corrected chi connectivity index (χ4v) is 2.95. The number of aromatic nitrogens is 1. The van der Waals surface area contributed by atoms with Gasteiger partial charge in [0, 0.05) is 44.5 Å². The zero-order valence-electron chi connectivity index (χ0n) is 14.6. The van der Waals surface area contributed by atoms with Crippen molar-refractivity contribution < 1.29 is 32.7 Å². The molecule has 0 bridgehead atoms. The van der Waals surface area contributed by atoms with E-state index < -0.39 is 0 Å². The molecule has 3 aromatic heterocycles. The SMILES string of the molecule is O=c1ccc2c(OCCCC[NH2+]c3ccncc3)c3ccoc3cc2o1.[Cl-].[HH]. The maximum absolute atomic E-state index is 11.5. The van der Waals surface area contributed by atoms with E-state index in [1.165, 1.54) is 11.8 Å². The number of fused-ring (bicyclic) bond motifs is 2. The molecule has 27 heavy (non-hydrogen) atoms. The number of ether oxygens (including phenoxy) is 1. The number of nitrogens with two attached hydrogens (primary N) is 1. The molecule has 7 heteroatoms. The molecule has 0 unspecified atom stereocenters. The fourth-order valence-electron chi connectivity index (χ4n) is 2.95.